The van der Waals surface area contributed by atoms with Crippen molar-refractivity contribution in [2.75, 3.05) is 11.6 Å². The van der Waals surface area contributed by atoms with Gasteiger partial charge in [0, 0.05) is 11.9 Å². The number of anilines is 2. The number of carbonyl (C=O) groups is 1. The zero-order valence-corrected chi connectivity index (χ0v) is 14.1. The van der Waals surface area contributed by atoms with Crippen molar-refractivity contribution in [3.8, 4) is 0 Å². The highest BCUT2D eigenvalue weighted by Crippen LogP contribution is 2.26. The van der Waals surface area contributed by atoms with Gasteiger partial charge in [0.1, 0.15) is 17.2 Å². The number of carboxylic acid groups (broad SMARTS) is 1. The summed E-state index contributed by atoms with van der Waals surface area (Å²) in [7, 11) is 1.41. The van der Waals surface area contributed by atoms with Gasteiger partial charge in [-0.15, -0.1) is 11.8 Å². The van der Waals surface area contributed by atoms with Gasteiger partial charge in [-0.25, -0.2) is 9.18 Å². The Balaban J connectivity index is 2.56. The van der Waals surface area contributed by atoms with Crippen LogP contribution in [0, 0.1) is 5.82 Å². The Hall–Kier alpha value is -1.80. The summed E-state index contributed by atoms with van der Waals surface area (Å²) in [5.41, 5.74) is -0.464. The molecule has 0 spiro atoms. The van der Waals surface area contributed by atoms with E-state index >= 15 is 0 Å². The van der Waals surface area contributed by atoms with E-state index in [0.717, 1.165) is 9.46 Å². The zero-order valence-electron chi connectivity index (χ0n) is 11.7. The van der Waals surface area contributed by atoms with Gasteiger partial charge in [-0.05, 0) is 46.5 Å². The molecule has 8 heteroatoms. The smallest absolute Gasteiger partial charge is 0.339 e. The number of carboxylic acids is 1. The molecule has 1 heterocycles. The van der Waals surface area contributed by atoms with Crippen molar-refractivity contribution < 1.29 is 14.3 Å². The number of pyridine rings is 1. The SMILES string of the molecule is CSc1ccc(Nc2c(C(=O)O)cc(Br)c(=O)n2C)c(F)c1. The number of thioether (sulfide) groups is 1. The summed E-state index contributed by atoms with van der Waals surface area (Å²) in [4.78, 5) is 24.0. The standard InChI is InChI=1S/C14H12BrFN2O3S/c1-18-12(8(14(20)21)6-9(15)13(18)19)17-11-4-3-7(22-2)5-10(11)16/h3-6,17H,1-2H3,(H,20,21). The van der Waals surface area contributed by atoms with Crippen molar-refractivity contribution >= 4 is 45.2 Å². The molecule has 2 N–H and O–H groups in total. The molecule has 5 nitrogen and oxygen atoms in total. The summed E-state index contributed by atoms with van der Waals surface area (Å²) in [5.74, 6) is -1.74. The van der Waals surface area contributed by atoms with Gasteiger partial charge in [0.2, 0.25) is 0 Å². The number of nitrogens with zero attached hydrogens (tertiary/aromatic N) is 1. The van der Waals surface area contributed by atoms with Crippen LogP contribution in [-0.4, -0.2) is 21.9 Å². The number of benzene rings is 1. The minimum Gasteiger partial charge on any atom is -0.478 e. The molecule has 0 aliphatic carbocycles. The maximum atomic E-state index is 14.0. The second-order valence-electron chi connectivity index (χ2n) is 4.39. The van der Waals surface area contributed by atoms with Crippen molar-refractivity contribution in [2.45, 2.75) is 4.90 Å². The number of halogens is 2. The second-order valence-corrected chi connectivity index (χ2v) is 6.13. The van der Waals surface area contributed by atoms with E-state index in [4.69, 9.17) is 0 Å². The fourth-order valence-corrected chi connectivity index (χ4v) is 2.79. The number of aromatic carboxylic acids is 1. The number of nitrogens with one attached hydrogen (secondary N) is 1. The monoisotopic (exact) mass is 386 g/mol. The lowest BCUT2D eigenvalue weighted by Crippen LogP contribution is -2.23. The van der Waals surface area contributed by atoms with Crippen molar-refractivity contribution in [1.82, 2.24) is 4.57 Å². The number of rotatable bonds is 4. The van der Waals surface area contributed by atoms with Crippen LogP contribution in [0.15, 0.2) is 38.4 Å². The van der Waals surface area contributed by atoms with E-state index < -0.39 is 17.3 Å². The highest BCUT2D eigenvalue weighted by molar-refractivity contribution is 9.10. The normalized spacial score (nSPS) is 10.5. The van der Waals surface area contributed by atoms with Crippen molar-refractivity contribution in [3.63, 3.8) is 0 Å². The molecule has 0 unspecified atom stereocenters. The molecule has 0 aliphatic heterocycles. The van der Waals surface area contributed by atoms with Crippen LogP contribution in [0.1, 0.15) is 10.4 Å². The van der Waals surface area contributed by atoms with Gasteiger partial charge in [0.25, 0.3) is 5.56 Å². The molecule has 0 atom stereocenters. The average Bonchev–Trinajstić information content (AvgIpc) is 2.48. The molecule has 1 aromatic heterocycles. The third-order valence-electron chi connectivity index (χ3n) is 3.03. The predicted octanol–water partition coefficient (Wildman–Crippen LogP) is 3.45. The van der Waals surface area contributed by atoms with Gasteiger partial charge in [-0.2, -0.15) is 0 Å². The highest BCUT2D eigenvalue weighted by atomic mass is 79.9. The fraction of sp³-hybridized carbons (Fsp3) is 0.143. The van der Waals surface area contributed by atoms with Crippen LogP contribution >= 0.6 is 27.7 Å². The molecule has 22 heavy (non-hydrogen) atoms. The first-order valence-corrected chi connectivity index (χ1v) is 8.10. The van der Waals surface area contributed by atoms with E-state index in [1.807, 2.05) is 6.26 Å². The highest BCUT2D eigenvalue weighted by Gasteiger charge is 2.18. The van der Waals surface area contributed by atoms with Crippen LogP contribution in [0.3, 0.4) is 0 Å². The summed E-state index contributed by atoms with van der Waals surface area (Å²) < 4.78 is 15.3. The van der Waals surface area contributed by atoms with Gasteiger partial charge in [-0.3, -0.25) is 9.36 Å². The fourth-order valence-electron chi connectivity index (χ4n) is 1.87. The molecular formula is C14H12BrFN2O3S. The first-order chi connectivity index (χ1) is 10.3. The van der Waals surface area contributed by atoms with Crippen LogP contribution < -0.4 is 10.9 Å². The summed E-state index contributed by atoms with van der Waals surface area (Å²) in [6.07, 6.45) is 1.82. The van der Waals surface area contributed by atoms with E-state index in [0.29, 0.717) is 0 Å². The number of hydrogen-bond donors (Lipinski definition) is 2. The molecule has 0 amide bonds. The minimum absolute atomic E-state index is 0.0106. The average molecular weight is 387 g/mol. The van der Waals surface area contributed by atoms with Crippen molar-refractivity contribution in [2.24, 2.45) is 7.05 Å². The Morgan fingerprint density at radius 1 is 1.41 bits per heavy atom. The van der Waals surface area contributed by atoms with E-state index in [-0.39, 0.29) is 21.5 Å². The van der Waals surface area contributed by atoms with E-state index in [1.54, 1.807) is 6.07 Å². The summed E-state index contributed by atoms with van der Waals surface area (Å²) in [5, 5.41) is 11.9. The largest absolute Gasteiger partial charge is 0.478 e. The maximum Gasteiger partial charge on any atom is 0.339 e. The first-order valence-electron chi connectivity index (χ1n) is 6.08. The molecule has 1 aromatic carbocycles. The molecule has 2 rings (SSSR count). The van der Waals surface area contributed by atoms with E-state index in [2.05, 4.69) is 21.2 Å². The molecule has 0 radical (unpaired) electrons. The molecule has 0 fully saturated rings. The molecular weight excluding hydrogens is 375 g/mol. The van der Waals surface area contributed by atoms with E-state index in [9.17, 15) is 19.1 Å². The van der Waals surface area contributed by atoms with Gasteiger partial charge in [-0.1, -0.05) is 0 Å². The molecule has 0 aliphatic rings. The summed E-state index contributed by atoms with van der Waals surface area (Å²) in [6.45, 7) is 0. The van der Waals surface area contributed by atoms with Crippen LogP contribution in [0.2, 0.25) is 0 Å². The van der Waals surface area contributed by atoms with Crippen LogP contribution in [0.25, 0.3) is 0 Å². The molecule has 0 bridgehead atoms. The third-order valence-corrected chi connectivity index (χ3v) is 4.32. The second kappa shape index (κ2) is 6.53. The minimum atomic E-state index is -1.22. The lowest BCUT2D eigenvalue weighted by molar-refractivity contribution is 0.0697. The van der Waals surface area contributed by atoms with Gasteiger partial charge >= 0.3 is 5.97 Å². The zero-order chi connectivity index (χ0) is 16.4. The Labute approximate surface area is 138 Å². The third kappa shape index (κ3) is 3.17. The molecule has 0 saturated heterocycles. The van der Waals surface area contributed by atoms with Crippen molar-refractivity contribution in [1.29, 1.82) is 0 Å². The van der Waals surface area contributed by atoms with E-state index in [1.165, 1.54) is 37.0 Å². The van der Waals surface area contributed by atoms with Gasteiger partial charge in [0.05, 0.1) is 10.2 Å². The van der Waals surface area contributed by atoms with Crippen LogP contribution in [0.4, 0.5) is 15.9 Å². The number of aromatic nitrogens is 1. The summed E-state index contributed by atoms with van der Waals surface area (Å²) in [6, 6.07) is 5.73. The Kier molecular flexibility index (Phi) is 4.92. The quantitative estimate of drug-likeness (QED) is 0.787. The number of hydrogen-bond acceptors (Lipinski definition) is 4. The van der Waals surface area contributed by atoms with Gasteiger partial charge in [0.15, 0.2) is 0 Å². The molecule has 0 saturated carbocycles. The van der Waals surface area contributed by atoms with Gasteiger partial charge < -0.3 is 10.4 Å². The van der Waals surface area contributed by atoms with Crippen LogP contribution in [0.5, 0.6) is 0 Å². The first kappa shape index (κ1) is 16.6. The van der Waals surface area contributed by atoms with Crippen LogP contribution in [-0.2, 0) is 7.05 Å². The molecule has 116 valence electrons. The topological polar surface area (TPSA) is 71.3 Å². The Morgan fingerprint density at radius 2 is 2.09 bits per heavy atom. The molecule has 2 aromatic rings. The predicted molar refractivity (Wildman–Crippen MR) is 87.8 cm³/mol. The summed E-state index contributed by atoms with van der Waals surface area (Å²) >= 11 is 4.41. The Morgan fingerprint density at radius 3 is 2.64 bits per heavy atom. The lowest BCUT2D eigenvalue weighted by Gasteiger charge is -2.15. The maximum absolute atomic E-state index is 14.0. The Bertz CT molecular complexity index is 807. The van der Waals surface area contributed by atoms with Crippen molar-refractivity contribution in [3.05, 3.63) is 50.5 Å². The lowest BCUT2D eigenvalue weighted by atomic mass is 10.2.